The topological polar surface area (TPSA) is 56.4 Å². The molecule has 0 atom stereocenters. The minimum Gasteiger partial charge on any atom is -0.361 e. The van der Waals surface area contributed by atoms with Crippen LogP contribution in [0.2, 0.25) is 10.0 Å². The van der Waals surface area contributed by atoms with Crippen molar-refractivity contribution in [3.8, 4) is 0 Å². The zero-order chi connectivity index (χ0) is 24.7. The van der Waals surface area contributed by atoms with Crippen molar-refractivity contribution in [2.75, 3.05) is 19.6 Å². The predicted molar refractivity (Wildman–Crippen MR) is 140 cm³/mol. The lowest BCUT2D eigenvalue weighted by Gasteiger charge is -2.29. The number of benzene rings is 2. The summed E-state index contributed by atoms with van der Waals surface area (Å²) in [5.74, 6) is 0.232. The van der Waals surface area contributed by atoms with Gasteiger partial charge in [0.15, 0.2) is 0 Å². The molecular formula is C27H33Cl2N3O2. The van der Waals surface area contributed by atoms with E-state index >= 15 is 0 Å². The molecule has 7 heteroatoms. The summed E-state index contributed by atoms with van der Waals surface area (Å²) in [6.07, 6.45) is 3.91. The number of carbonyl (C=O) groups excluding carboxylic acids is 2. The van der Waals surface area contributed by atoms with Gasteiger partial charge in [0.25, 0.3) is 0 Å². The highest BCUT2D eigenvalue weighted by Gasteiger charge is 2.22. The number of aromatic amines is 1. The lowest BCUT2D eigenvalue weighted by Crippen LogP contribution is -2.44. The fourth-order valence-corrected chi connectivity index (χ4v) is 4.40. The van der Waals surface area contributed by atoms with Crippen molar-refractivity contribution in [3.05, 3.63) is 69.8 Å². The highest BCUT2D eigenvalue weighted by atomic mass is 35.5. The minimum absolute atomic E-state index is 0.0238. The van der Waals surface area contributed by atoms with E-state index in [1.165, 1.54) is 0 Å². The third-order valence-corrected chi connectivity index (χ3v) is 6.50. The van der Waals surface area contributed by atoms with Crippen LogP contribution in [0.25, 0.3) is 10.9 Å². The smallest absolute Gasteiger partial charge is 0.242 e. The summed E-state index contributed by atoms with van der Waals surface area (Å²) in [6, 6.07) is 13.6. The van der Waals surface area contributed by atoms with Crippen molar-refractivity contribution in [3.63, 3.8) is 0 Å². The fraction of sp³-hybridized carbons (Fsp3) is 0.407. The highest BCUT2D eigenvalue weighted by molar-refractivity contribution is 6.42. The Morgan fingerprint density at radius 2 is 1.76 bits per heavy atom. The number of nitrogens with zero attached hydrogens (tertiary/aromatic N) is 2. The van der Waals surface area contributed by atoms with Crippen molar-refractivity contribution >= 4 is 45.9 Å². The van der Waals surface area contributed by atoms with Gasteiger partial charge in [0.2, 0.25) is 11.8 Å². The molecule has 34 heavy (non-hydrogen) atoms. The number of para-hydroxylation sites is 1. The van der Waals surface area contributed by atoms with E-state index < -0.39 is 0 Å². The molecule has 1 heterocycles. The van der Waals surface area contributed by atoms with E-state index in [-0.39, 0.29) is 24.3 Å². The molecule has 0 saturated carbocycles. The molecule has 0 saturated heterocycles. The van der Waals surface area contributed by atoms with Crippen LogP contribution in [0.15, 0.2) is 48.7 Å². The Morgan fingerprint density at radius 1 is 1.00 bits per heavy atom. The van der Waals surface area contributed by atoms with Gasteiger partial charge in [0.1, 0.15) is 0 Å². The average molecular weight is 502 g/mol. The maximum atomic E-state index is 13.5. The van der Waals surface area contributed by atoms with Crippen LogP contribution in [-0.2, 0) is 22.6 Å². The molecule has 3 rings (SSSR count). The Hall–Kier alpha value is -2.50. The second kappa shape index (κ2) is 12.3. The van der Waals surface area contributed by atoms with Gasteiger partial charge in [-0.3, -0.25) is 9.59 Å². The molecule has 0 aliphatic carbocycles. The summed E-state index contributed by atoms with van der Waals surface area (Å²) >= 11 is 12.3. The van der Waals surface area contributed by atoms with Gasteiger partial charge in [-0.15, -0.1) is 0 Å². The van der Waals surface area contributed by atoms with Crippen molar-refractivity contribution in [2.45, 2.75) is 46.6 Å². The predicted octanol–water partition coefficient (Wildman–Crippen LogP) is 6.33. The summed E-state index contributed by atoms with van der Waals surface area (Å²) in [4.78, 5) is 33.0. The summed E-state index contributed by atoms with van der Waals surface area (Å²) in [5, 5.41) is 2.10. The van der Waals surface area contributed by atoms with Crippen molar-refractivity contribution in [1.29, 1.82) is 0 Å². The number of hydrogen-bond acceptors (Lipinski definition) is 2. The molecule has 0 aliphatic heterocycles. The number of halogens is 2. The molecule has 0 bridgehead atoms. The number of rotatable bonds is 11. The minimum atomic E-state index is -0.0731. The van der Waals surface area contributed by atoms with E-state index in [4.69, 9.17) is 23.2 Å². The first-order valence-electron chi connectivity index (χ1n) is 11.8. The van der Waals surface area contributed by atoms with Gasteiger partial charge < -0.3 is 14.8 Å². The van der Waals surface area contributed by atoms with Crippen LogP contribution < -0.4 is 0 Å². The highest BCUT2D eigenvalue weighted by Crippen LogP contribution is 2.24. The van der Waals surface area contributed by atoms with Crippen LogP contribution >= 0.6 is 23.2 Å². The molecule has 0 spiro atoms. The standard InChI is InChI=1S/C27H33Cl2N3O2/c1-4-7-26(33)32(16-19(2)3)18-27(34)31(17-20-10-11-23(28)24(29)14-20)13-12-21-15-30-25-9-6-5-8-22(21)25/h5-6,8-11,14-15,19,30H,4,7,12-13,16-18H2,1-3H3. The molecule has 0 radical (unpaired) electrons. The summed E-state index contributed by atoms with van der Waals surface area (Å²) in [5.41, 5.74) is 3.13. The summed E-state index contributed by atoms with van der Waals surface area (Å²) < 4.78 is 0. The quantitative estimate of drug-likeness (QED) is 0.333. The van der Waals surface area contributed by atoms with Gasteiger partial charge >= 0.3 is 0 Å². The van der Waals surface area contributed by atoms with Gasteiger partial charge in [-0.2, -0.15) is 0 Å². The van der Waals surface area contributed by atoms with Gasteiger partial charge in [0.05, 0.1) is 16.6 Å². The Morgan fingerprint density at radius 3 is 2.47 bits per heavy atom. The number of amides is 2. The van der Waals surface area contributed by atoms with Gasteiger partial charge in [-0.05, 0) is 48.1 Å². The number of fused-ring (bicyclic) bond motifs is 1. The molecule has 0 fully saturated rings. The normalized spacial score (nSPS) is 11.2. The second-order valence-corrected chi connectivity index (χ2v) is 9.91. The van der Waals surface area contributed by atoms with E-state index in [2.05, 4.69) is 24.9 Å². The second-order valence-electron chi connectivity index (χ2n) is 9.09. The van der Waals surface area contributed by atoms with Crippen LogP contribution in [-0.4, -0.2) is 46.2 Å². The molecule has 0 unspecified atom stereocenters. The summed E-state index contributed by atoms with van der Waals surface area (Å²) in [7, 11) is 0. The first-order chi connectivity index (χ1) is 16.3. The SMILES string of the molecule is CCCC(=O)N(CC(=O)N(CCc1c[nH]c2ccccc12)Cc1ccc(Cl)c(Cl)c1)CC(C)C. The Labute approximate surface area is 212 Å². The van der Waals surface area contributed by atoms with Crippen LogP contribution in [0.5, 0.6) is 0 Å². The van der Waals surface area contributed by atoms with Crippen molar-refractivity contribution in [2.24, 2.45) is 5.92 Å². The molecule has 1 aromatic heterocycles. The lowest BCUT2D eigenvalue weighted by atomic mass is 10.1. The maximum Gasteiger partial charge on any atom is 0.242 e. The summed E-state index contributed by atoms with van der Waals surface area (Å²) in [6.45, 7) is 7.65. The van der Waals surface area contributed by atoms with Gasteiger partial charge in [0, 0.05) is 43.2 Å². The lowest BCUT2D eigenvalue weighted by molar-refractivity contribution is -0.141. The molecule has 3 aromatic rings. The molecule has 182 valence electrons. The Bertz CT molecular complexity index is 1130. The fourth-order valence-electron chi connectivity index (χ4n) is 4.07. The largest absolute Gasteiger partial charge is 0.361 e. The van der Waals surface area contributed by atoms with Crippen molar-refractivity contribution < 1.29 is 9.59 Å². The molecule has 2 aromatic carbocycles. The number of carbonyl (C=O) groups is 2. The first kappa shape index (κ1) is 26.1. The molecule has 0 aliphatic rings. The third-order valence-electron chi connectivity index (χ3n) is 5.76. The average Bonchev–Trinajstić information content (AvgIpc) is 3.21. The van der Waals surface area contributed by atoms with E-state index in [1.54, 1.807) is 17.0 Å². The van der Waals surface area contributed by atoms with Gasteiger partial charge in [-0.1, -0.05) is 68.2 Å². The first-order valence-corrected chi connectivity index (χ1v) is 12.6. The third kappa shape index (κ3) is 7.00. The van der Waals surface area contributed by atoms with Crippen molar-refractivity contribution in [1.82, 2.24) is 14.8 Å². The molecular weight excluding hydrogens is 469 g/mol. The molecule has 5 nitrogen and oxygen atoms in total. The van der Waals surface area contributed by atoms with E-state index in [0.29, 0.717) is 42.5 Å². The van der Waals surface area contributed by atoms with Gasteiger partial charge in [-0.25, -0.2) is 0 Å². The van der Waals surface area contributed by atoms with Crippen LogP contribution in [0.3, 0.4) is 0 Å². The molecule has 2 amide bonds. The maximum absolute atomic E-state index is 13.5. The van der Waals surface area contributed by atoms with Crippen LogP contribution in [0, 0.1) is 5.92 Å². The van der Waals surface area contributed by atoms with Crippen LogP contribution in [0.4, 0.5) is 0 Å². The Balaban J connectivity index is 1.80. The van der Waals surface area contributed by atoms with E-state index in [0.717, 1.165) is 28.5 Å². The molecule has 1 N–H and O–H groups in total. The van der Waals surface area contributed by atoms with Crippen LogP contribution in [0.1, 0.15) is 44.7 Å². The zero-order valence-corrected chi connectivity index (χ0v) is 21.6. The van der Waals surface area contributed by atoms with E-state index in [1.807, 2.05) is 42.3 Å². The van der Waals surface area contributed by atoms with E-state index in [9.17, 15) is 9.59 Å². The monoisotopic (exact) mass is 501 g/mol. The number of nitrogens with one attached hydrogen (secondary N) is 1. The Kier molecular flexibility index (Phi) is 9.43. The number of H-pyrrole nitrogens is 1. The zero-order valence-electron chi connectivity index (χ0n) is 20.1. The number of aromatic nitrogens is 1. The number of hydrogen-bond donors (Lipinski definition) is 1.